The summed E-state index contributed by atoms with van der Waals surface area (Å²) in [7, 11) is 1.64. The van der Waals surface area contributed by atoms with Crippen LogP contribution in [-0.2, 0) is 14.9 Å². The Morgan fingerprint density at radius 1 is 0.844 bits per heavy atom. The quantitative estimate of drug-likeness (QED) is 0.401. The van der Waals surface area contributed by atoms with Gasteiger partial charge in [0.05, 0.1) is 0 Å². The van der Waals surface area contributed by atoms with E-state index in [4.69, 9.17) is 4.74 Å². The van der Waals surface area contributed by atoms with E-state index in [9.17, 15) is 4.79 Å². The lowest BCUT2D eigenvalue weighted by atomic mass is 9.77. The number of carbonyl (C=O) groups is 1. The van der Waals surface area contributed by atoms with Crippen LogP contribution in [0.15, 0.2) is 103 Å². The molecule has 1 amide bonds. The average molecular weight is 420 g/mol. The lowest BCUT2D eigenvalue weighted by Crippen LogP contribution is -2.40. The second-order valence-corrected chi connectivity index (χ2v) is 7.61. The van der Waals surface area contributed by atoms with Gasteiger partial charge in [-0.3, -0.25) is 4.79 Å². The number of hydrogen-bond acceptors (Lipinski definition) is 2. The van der Waals surface area contributed by atoms with Gasteiger partial charge in [-0.15, -0.1) is 0 Å². The summed E-state index contributed by atoms with van der Waals surface area (Å²) in [6.45, 7) is 0.404. The maximum absolute atomic E-state index is 13.9. The number of nitrogens with one attached hydrogen (secondary N) is 1. The minimum atomic E-state index is -1.07. The first-order valence-electron chi connectivity index (χ1n) is 10.6. The Balaban J connectivity index is 1.81. The number of hydrogen-bond donors (Lipinski definition) is 1. The van der Waals surface area contributed by atoms with Gasteiger partial charge in [-0.2, -0.15) is 0 Å². The van der Waals surface area contributed by atoms with E-state index in [1.807, 2.05) is 103 Å². The summed E-state index contributed by atoms with van der Waals surface area (Å²) in [5.41, 5.74) is 1.41. The largest absolute Gasteiger partial charge is 0.385 e. The molecule has 1 N–H and O–H groups in total. The minimum Gasteiger partial charge on any atom is -0.385 e. The van der Waals surface area contributed by atoms with E-state index >= 15 is 0 Å². The highest BCUT2D eigenvalue weighted by Crippen LogP contribution is 2.32. The zero-order valence-corrected chi connectivity index (χ0v) is 18.0. The molecule has 0 unspecified atom stereocenters. The number of anilines is 1. The molecular formula is C29H25NO2. The molecule has 0 aromatic heterocycles. The standard InChI is InChI=1S/C29H25NO2/c1-32-22-21-29(25-15-6-3-7-16-25,20-19-23-11-4-2-5-12-23)28(31)30-27-18-10-14-24-13-8-9-17-26(24)27/h2-18H,21-22H2,1H3,(H,30,31)/t29-/m0/s1. The molecule has 4 aromatic carbocycles. The van der Waals surface area contributed by atoms with Crippen LogP contribution in [-0.4, -0.2) is 19.6 Å². The molecule has 0 saturated carbocycles. The molecule has 32 heavy (non-hydrogen) atoms. The summed E-state index contributed by atoms with van der Waals surface area (Å²) in [4.78, 5) is 13.9. The van der Waals surface area contributed by atoms with Crippen molar-refractivity contribution in [3.8, 4) is 11.8 Å². The van der Waals surface area contributed by atoms with Crippen LogP contribution < -0.4 is 5.32 Å². The third kappa shape index (κ3) is 4.56. The first kappa shape index (κ1) is 21.4. The van der Waals surface area contributed by atoms with Crippen molar-refractivity contribution in [2.24, 2.45) is 0 Å². The number of fused-ring (bicyclic) bond motifs is 1. The molecule has 3 heteroatoms. The molecule has 3 nitrogen and oxygen atoms in total. The van der Waals surface area contributed by atoms with E-state index in [-0.39, 0.29) is 5.91 Å². The number of carbonyl (C=O) groups excluding carboxylic acids is 1. The maximum atomic E-state index is 13.9. The van der Waals surface area contributed by atoms with Crippen molar-refractivity contribution >= 4 is 22.4 Å². The van der Waals surface area contributed by atoms with Crippen LogP contribution in [0.1, 0.15) is 17.5 Å². The Bertz CT molecular complexity index is 1250. The molecule has 0 spiro atoms. The van der Waals surface area contributed by atoms with Crippen molar-refractivity contribution in [3.05, 3.63) is 114 Å². The Morgan fingerprint density at radius 2 is 1.50 bits per heavy atom. The third-order valence-electron chi connectivity index (χ3n) is 5.57. The van der Waals surface area contributed by atoms with Crippen LogP contribution >= 0.6 is 0 Å². The summed E-state index contributed by atoms with van der Waals surface area (Å²) in [5.74, 6) is 6.39. The molecule has 0 aliphatic heterocycles. The monoisotopic (exact) mass is 419 g/mol. The van der Waals surface area contributed by atoms with Crippen molar-refractivity contribution in [1.29, 1.82) is 0 Å². The Kier molecular flexibility index (Phi) is 6.65. The number of ether oxygens (including phenoxy) is 1. The lowest BCUT2D eigenvalue weighted by molar-refractivity contribution is -0.120. The van der Waals surface area contributed by atoms with E-state index < -0.39 is 5.41 Å². The third-order valence-corrected chi connectivity index (χ3v) is 5.57. The second kappa shape index (κ2) is 9.96. The van der Waals surface area contributed by atoms with Crippen LogP contribution in [0, 0.1) is 11.8 Å². The van der Waals surface area contributed by atoms with Crippen molar-refractivity contribution in [2.45, 2.75) is 11.8 Å². The molecule has 0 fully saturated rings. The van der Waals surface area contributed by atoms with Crippen molar-refractivity contribution < 1.29 is 9.53 Å². The molecule has 0 aliphatic rings. The molecule has 158 valence electrons. The number of rotatable bonds is 6. The summed E-state index contributed by atoms with van der Waals surface area (Å²) in [6, 6.07) is 33.4. The highest BCUT2D eigenvalue weighted by Gasteiger charge is 2.38. The number of methoxy groups -OCH3 is 1. The average Bonchev–Trinajstić information content (AvgIpc) is 2.86. The van der Waals surface area contributed by atoms with Gasteiger partial charge in [0.1, 0.15) is 5.41 Å². The molecule has 0 radical (unpaired) electrons. The van der Waals surface area contributed by atoms with Gasteiger partial charge in [0.2, 0.25) is 5.91 Å². The highest BCUT2D eigenvalue weighted by molar-refractivity contribution is 6.07. The smallest absolute Gasteiger partial charge is 0.247 e. The van der Waals surface area contributed by atoms with Gasteiger partial charge in [0, 0.05) is 36.8 Å². The second-order valence-electron chi connectivity index (χ2n) is 7.61. The van der Waals surface area contributed by atoms with Crippen LogP contribution in [0.25, 0.3) is 10.8 Å². The fourth-order valence-electron chi connectivity index (χ4n) is 3.82. The number of amides is 1. The minimum absolute atomic E-state index is 0.166. The van der Waals surface area contributed by atoms with Crippen molar-refractivity contribution in [1.82, 2.24) is 0 Å². The molecule has 0 bridgehead atoms. The van der Waals surface area contributed by atoms with Crippen LogP contribution in [0.5, 0.6) is 0 Å². The van der Waals surface area contributed by atoms with E-state index in [1.165, 1.54) is 0 Å². The van der Waals surface area contributed by atoms with Gasteiger partial charge in [0.15, 0.2) is 0 Å². The van der Waals surface area contributed by atoms with Gasteiger partial charge in [-0.05, 0) is 29.1 Å². The molecule has 4 aromatic rings. The Morgan fingerprint density at radius 3 is 2.25 bits per heavy atom. The first-order valence-corrected chi connectivity index (χ1v) is 10.6. The molecule has 0 heterocycles. The SMILES string of the molecule is COCC[C@](C#Cc1ccccc1)(C(=O)Nc1cccc2ccccc12)c1ccccc1. The van der Waals surface area contributed by atoms with E-state index in [0.29, 0.717) is 13.0 Å². The van der Waals surface area contributed by atoms with Gasteiger partial charge >= 0.3 is 0 Å². The Hall–Kier alpha value is -3.87. The van der Waals surface area contributed by atoms with Gasteiger partial charge in [-0.25, -0.2) is 0 Å². The van der Waals surface area contributed by atoms with Gasteiger partial charge in [-0.1, -0.05) is 96.8 Å². The normalized spacial score (nSPS) is 12.4. The summed E-state index contributed by atoms with van der Waals surface area (Å²) in [5, 5.41) is 5.24. The first-order chi connectivity index (χ1) is 15.7. The fraction of sp³-hybridized carbons (Fsp3) is 0.138. The lowest BCUT2D eigenvalue weighted by Gasteiger charge is -2.28. The zero-order valence-electron chi connectivity index (χ0n) is 18.0. The summed E-state index contributed by atoms with van der Waals surface area (Å²) >= 11 is 0. The van der Waals surface area contributed by atoms with Gasteiger partial charge in [0.25, 0.3) is 0 Å². The fourth-order valence-corrected chi connectivity index (χ4v) is 3.82. The van der Waals surface area contributed by atoms with Crippen molar-refractivity contribution in [3.63, 3.8) is 0 Å². The van der Waals surface area contributed by atoms with Crippen LogP contribution in [0.4, 0.5) is 5.69 Å². The predicted molar refractivity (Wildman–Crippen MR) is 131 cm³/mol. The van der Waals surface area contributed by atoms with Crippen LogP contribution in [0.3, 0.4) is 0 Å². The Labute approximate surface area is 189 Å². The highest BCUT2D eigenvalue weighted by atomic mass is 16.5. The van der Waals surface area contributed by atoms with Crippen molar-refractivity contribution in [2.75, 3.05) is 19.0 Å². The molecule has 4 rings (SSSR count). The summed E-state index contributed by atoms with van der Waals surface area (Å²) in [6.07, 6.45) is 0.434. The molecule has 1 atom stereocenters. The maximum Gasteiger partial charge on any atom is 0.247 e. The summed E-state index contributed by atoms with van der Waals surface area (Å²) < 4.78 is 5.39. The van der Waals surface area contributed by atoms with Gasteiger partial charge < -0.3 is 10.1 Å². The zero-order chi connectivity index (χ0) is 22.2. The molecule has 0 saturated heterocycles. The van der Waals surface area contributed by atoms with Crippen LogP contribution in [0.2, 0.25) is 0 Å². The van der Waals surface area contributed by atoms with E-state index in [1.54, 1.807) is 7.11 Å². The predicted octanol–water partition coefficient (Wildman–Crippen LogP) is 5.80. The molecule has 0 aliphatic carbocycles. The number of benzene rings is 4. The van der Waals surface area contributed by atoms with E-state index in [0.717, 1.165) is 27.6 Å². The topological polar surface area (TPSA) is 38.3 Å². The van der Waals surface area contributed by atoms with E-state index in [2.05, 4.69) is 17.2 Å². The molecular weight excluding hydrogens is 394 g/mol.